The van der Waals surface area contributed by atoms with Crippen LogP contribution in [-0.2, 0) is 5.66 Å². The largest absolute Gasteiger partial charge is 0.306 e. The molecule has 0 atom stereocenters. The van der Waals surface area contributed by atoms with Crippen molar-refractivity contribution in [2.24, 2.45) is 11.5 Å². The lowest BCUT2D eigenvalue weighted by Crippen LogP contribution is -2.42. The molecule has 0 heterocycles. The molecule has 0 amide bonds. The number of hydrogen-bond acceptors (Lipinski definition) is 2. The summed E-state index contributed by atoms with van der Waals surface area (Å²) < 4.78 is 0. The lowest BCUT2D eigenvalue weighted by Gasteiger charge is -2.17. The van der Waals surface area contributed by atoms with Gasteiger partial charge in [-0.15, -0.1) is 0 Å². The molecule has 1 aromatic carbocycles. The summed E-state index contributed by atoms with van der Waals surface area (Å²) in [4.78, 5) is 0. The maximum atomic E-state index is 5.78. The van der Waals surface area contributed by atoms with Crippen molar-refractivity contribution in [3.8, 4) is 0 Å². The van der Waals surface area contributed by atoms with Crippen molar-refractivity contribution in [2.45, 2.75) is 5.66 Å². The van der Waals surface area contributed by atoms with Crippen LogP contribution in [0.3, 0.4) is 0 Å². The van der Waals surface area contributed by atoms with Crippen LogP contribution in [0.15, 0.2) is 30.3 Å². The predicted octanol–water partition coefficient (Wildman–Crippen LogP) is 0.784. The molecule has 0 saturated carbocycles. The van der Waals surface area contributed by atoms with Gasteiger partial charge >= 0.3 is 0 Å². The minimum Gasteiger partial charge on any atom is -0.306 e. The summed E-state index contributed by atoms with van der Waals surface area (Å²) in [7, 11) is 0. The zero-order valence-corrected chi connectivity index (χ0v) is 6.12. The van der Waals surface area contributed by atoms with Gasteiger partial charge in [0.2, 0.25) is 0 Å². The minimum absolute atomic E-state index is 0.753. The van der Waals surface area contributed by atoms with Crippen LogP contribution in [0.5, 0.6) is 0 Å². The SMILES string of the molecule is NC1(N)C=Cc2ccccc21. The topological polar surface area (TPSA) is 52.0 Å². The van der Waals surface area contributed by atoms with Crippen LogP contribution in [0.1, 0.15) is 11.1 Å². The van der Waals surface area contributed by atoms with E-state index in [0.29, 0.717) is 0 Å². The standard InChI is InChI=1S/C9H10N2/c10-9(11)6-5-7-3-1-2-4-8(7)9/h1-6H,10-11H2. The highest BCUT2D eigenvalue weighted by molar-refractivity contribution is 5.63. The van der Waals surface area contributed by atoms with E-state index >= 15 is 0 Å². The molecule has 11 heavy (non-hydrogen) atoms. The molecule has 0 aliphatic heterocycles. The highest BCUT2D eigenvalue weighted by Gasteiger charge is 2.24. The minimum atomic E-state index is -0.753. The van der Waals surface area contributed by atoms with Crippen molar-refractivity contribution in [2.75, 3.05) is 0 Å². The first-order chi connectivity index (χ1) is 5.20. The molecule has 2 nitrogen and oxygen atoms in total. The lowest BCUT2D eigenvalue weighted by atomic mass is 10.0. The van der Waals surface area contributed by atoms with Gasteiger partial charge in [-0.25, -0.2) is 0 Å². The van der Waals surface area contributed by atoms with E-state index in [1.807, 2.05) is 36.4 Å². The molecule has 0 fully saturated rings. The molecule has 2 heteroatoms. The van der Waals surface area contributed by atoms with E-state index in [4.69, 9.17) is 11.5 Å². The van der Waals surface area contributed by atoms with Crippen molar-refractivity contribution >= 4 is 6.08 Å². The monoisotopic (exact) mass is 146 g/mol. The van der Waals surface area contributed by atoms with Crippen LogP contribution in [0.25, 0.3) is 6.08 Å². The van der Waals surface area contributed by atoms with Crippen molar-refractivity contribution in [3.05, 3.63) is 41.5 Å². The first-order valence-corrected chi connectivity index (χ1v) is 3.57. The van der Waals surface area contributed by atoms with Crippen LogP contribution in [0, 0.1) is 0 Å². The third-order valence-electron chi connectivity index (χ3n) is 1.97. The van der Waals surface area contributed by atoms with Crippen LogP contribution < -0.4 is 11.5 Å². The zero-order chi connectivity index (χ0) is 7.90. The van der Waals surface area contributed by atoms with Crippen LogP contribution in [-0.4, -0.2) is 0 Å². The molecule has 4 N–H and O–H groups in total. The Morgan fingerprint density at radius 1 is 1.09 bits per heavy atom. The first kappa shape index (κ1) is 6.58. The van der Waals surface area contributed by atoms with Gasteiger partial charge in [-0.2, -0.15) is 0 Å². The molecule has 1 aliphatic rings. The summed E-state index contributed by atoms with van der Waals surface area (Å²) in [5, 5.41) is 0. The van der Waals surface area contributed by atoms with E-state index in [-0.39, 0.29) is 0 Å². The van der Waals surface area contributed by atoms with Gasteiger partial charge in [0, 0.05) is 0 Å². The maximum absolute atomic E-state index is 5.78. The molecule has 0 aromatic heterocycles. The molecule has 0 radical (unpaired) electrons. The zero-order valence-electron chi connectivity index (χ0n) is 6.12. The fourth-order valence-corrected chi connectivity index (χ4v) is 1.35. The van der Waals surface area contributed by atoms with E-state index in [0.717, 1.165) is 11.1 Å². The summed E-state index contributed by atoms with van der Waals surface area (Å²) in [6.07, 6.45) is 3.77. The van der Waals surface area contributed by atoms with Crippen molar-refractivity contribution < 1.29 is 0 Å². The third kappa shape index (κ3) is 0.878. The summed E-state index contributed by atoms with van der Waals surface area (Å²) in [5.41, 5.74) is 12.9. The van der Waals surface area contributed by atoms with Crippen LogP contribution >= 0.6 is 0 Å². The summed E-state index contributed by atoms with van der Waals surface area (Å²) in [5.74, 6) is 0. The van der Waals surface area contributed by atoms with Crippen LogP contribution in [0.2, 0.25) is 0 Å². The Labute approximate surface area is 65.5 Å². The van der Waals surface area contributed by atoms with Gasteiger partial charge in [0.25, 0.3) is 0 Å². The number of benzene rings is 1. The average molecular weight is 146 g/mol. The summed E-state index contributed by atoms with van der Waals surface area (Å²) in [6, 6.07) is 7.88. The lowest BCUT2D eigenvalue weighted by molar-refractivity contribution is 0.604. The maximum Gasteiger partial charge on any atom is 0.110 e. The third-order valence-corrected chi connectivity index (χ3v) is 1.97. The molecule has 1 aromatic rings. The highest BCUT2D eigenvalue weighted by atomic mass is 14.9. The second-order valence-electron chi connectivity index (χ2n) is 2.85. The number of fused-ring (bicyclic) bond motifs is 1. The van der Waals surface area contributed by atoms with Crippen LogP contribution in [0.4, 0.5) is 0 Å². The highest BCUT2D eigenvalue weighted by Crippen LogP contribution is 2.26. The second kappa shape index (κ2) is 1.94. The molecule has 0 bridgehead atoms. The van der Waals surface area contributed by atoms with Gasteiger partial charge in [-0.05, 0) is 17.2 Å². The Kier molecular flexibility index (Phi) is 1.16. The van der Waals surface area contributed by atoms with E-state index in [1.54, 1.807) is 0 Å². The fourth-order valence-electron chi connectivity index (χ4n) is 1.35. The Hall–Kier alpha value is -1.12. The fraction of sp³-hybridized carbons (Fsp3) is 0.111. The van der Waals surface area contributed by atoms with Crippen molar-refractivity contribution in [1.82, 2.24) is 0 Å². The van der Waals surface area contributed by atoms with E-state index < -0.39 is 5.66 Å². The molecule has 0 spiro atoms. The van der Waals surface area contributed by atoms with Gasteiger partial charge in [0.05, 0.1) is 0 Å². The smallest absolute Gasteiger partial charge is 0.110 e. The van der Waals surface area contributed by atoms with E-state index in [9.17, 15) is 0 Å². The Morgan fingerprint density at radius 2 is 1.82 bits per heavy atom. The average Bonchev–Trinajstić information content (AvgIpc) is 2.29. The summed E-state index contributed by atoms with van der Waals surface area (Å²) >= 11 is 0. The van der Waals surface area contributed by atoms with Gasteiger partial charge in [0.15, 0.2) is 0 Å². The molecule has 0 unspecified atom stereocenters. The number of rotatable bonds is 0. The Bertz CT molecular complexity index is 313. The van der Waals surface area contributed by atoms with Crippen molar-refractivity contribution in [1.29, 1.82) is 0 Å². The predicted molar refractivity (Wildman–Crippen MR) is 45.5 cm³/mol. The first-order valence-electron chi connectivity index (χ1n) is 3.57. The Morgan fingerprint density at radius 3 is 2.55 bits per heavy atom. The molecular weight excluding hydrogens is 136 g/mol. The van der Waals surface area contributed by atoms with E-state index in [1.165, 1.54) is 0 Å². The molecular formula is C9H10N2. The number of nitrogens with two attached hydrogens (primary N) is 2. The molecule has 0 saturated heterocycles. The van der Waals surface area contributed by atoms with Crippen molar-refractivity contribution in [3.63, 3.8) is 0 Å². The Balaban J connectivity index is 2.64. The number of hydrogen-bond donors (Lipinski definition) is 2. The molecule has 2 rings (SSSR count). The van der Waals surface area contributed by atoms with Gasteiger partial charge in [0.1, 0.15) is 5.66 Å². The van der Waals surface area contributed by atoms with Gasteiger partial charge < -0.3 is 11.5 Å². The van der Waals surface area contributed by atoms with Gasteiger partial charge in [-0.1, -0.05) is 30.3 Å². The van der Waals surface area contributed by atoms with Gasteiger partial charge in [-0.3, -0.25) is 0 Å². The second-order valence-corrected chi connectivity index (χ2v) is 2.85. The molecule has 56 valence electrons. The summed E-state index contributed by atoms with van der Waals surface area (Å²) in [6.45, 7) is 0. The van der Waals surface area contributed by atoms with E-state index in [2.05, 4.69) is 0 Å². The normalized spacial score (nSPS) is 18.4. The molecule has 1 aliphatic carbocycles. The quantitative estimate of drug-likeness (QED) is 0.531.